The molecule has 0 spiro atoms. The van der Waals surface area contributed by atoms with Crippen LogP contribution in [0.25, 0.3) is 0 Å². The Bertz CT molecular complexity index is 445. The van der Waals surface area contributed by atoms with Crippen LogP contribution in [0.1, 0.15) is 5.56 Å². The first kappa shape index (κ1) is 11.1. The van der Waals surface area contributed by atoms with Crippen LogP contribution in [0.4, 0.5) is 0 Å². The molecule has 90 valence electrons. The van der Waals surface area contributed by atoms with Gasteiger partial charge < -0.3 is 10.6 Å². The minimum Gasteiger partial charge on any atom is -0.338 e. The van der Waals surface area contributed by atoms with Crippen LogP contribution in [0.15, 0.2) is 24.3 Å². The Morgan fingerprint density at radius 3 is 2.59 bits per heavy atom. The molecule has 2 fully saturated rings. The van der Waals surface area contributed by atoms with E-state index in [2.05, 4.69) is 0 Å². The van der Waals surface area contributed by atoms with Crippen molar-refractivity contribution in [2.24, 2.45) is 23.5 Å². The highest BCUT2D eigenvalue weighted by molar-refractivity contribution is 6.30. The maximum absolute atomic E-state index is 12.0. The number of benzene rings is 1. The molecule has 3 rings (SSSR count). The van der Waals surface area contributed by atoms with Gasteiger partial charge in [0, 0.05) is 24.0 Å². The number of nitrogens with two attached hydrogens (primary N) is 1. The van der Waals surface area contributed by atoms with Crippen molar-refractivity contribution in [1.29, 1.82) is 0 Å². The lowest BCUT2D eigenvalue weighted by Gasteiger charge is -2.19. The van der Waals surface area contributed by atoms with E-state index in [9.17, 15) is 4.79 Å². The summed E-state index contributed by atoms with van der Waals surface area (Å²) in [5, 5.41) is 0.729. The molecule has 3 atom stereocenters. The fraction of sp³-hybridized carbons (Fsp3) is 0.462. The number of hydrogen-bond donors (Lipinski definition) is 1. The molecule has 4 heteroatoms. The van der Waals surface area contributed by atoms with Gasteiger partial charge in [-0.3, -0.25) is 4.79 Å². The molecular weight excluding hydrogens is 236 g/mol. The van der Waals surface area contributed by atoms with Crippen LogP contribution in [0.3, 0.4) is 0 Å². The van der Waals surface area contributed by atoms with E-state index in [1.165, 1.54) is 0 Å². The summed E-state index contributed by atoms with van der Waals surface area (Å²) in [5.74, 6) is 1.46. The highest BCUT2D eigenvalue weighted by Crippen LogP contribution is 2.52. The largest absolute Gasteiger partial charge is 0.338 e. The van der Waals surface area contributed by atoms with E-state index in [1.54, 1.807) is 0 Å². The lowest BCUT2D eigenvalue weighted by atomic mass is 10.2. The monoisotopic (exact) mass is 250 g/mol. The van der Waals surface area contributed by atoms with Gasteiger partial charge >= 0.3 is 0 Å². The standard InChI is InChI=1S/C13H15ClN2O/c14-9-3-1-8(2-4-9)6-16-7-11-10(5-15)12(11)13(16)17/h1-4,10-12H,5-7,15H2. The third kappa shape index (κ3) is 1.83. The van der Waals surface area contributed by atoms with Crippen molar-refractivity contribution < 1.29 is 4.79 Å². The number of hydrogen-bond acceptors (Lipinski definition) is 2. The Kier molecular flexibility index (Phi) is 2.60. The highest BCUT2D eigenvalue weighted by atomic mass is 35.5. The predicted octanol–water partition coefficient (Wildman–Crippen LogP) is 1.50. The van der Waals surface area contributed by atoms with Crippen LogP contribution < -0.4 is 5.73 Å². The molecule has 2 N–H and O–H groups in total. The van der Waals surface area contributed by atoms with Crippen molar-refractivity contribution in [3.05, 3.63) is 34.9 Å². The van der Waals surface area contributed by atoms with E-state index in [-0.39, 0.29) is 11.8 Å². The molecule has 1 aliphatic carbocycles. The number of halogens is 1. The van der Waals surface area contributed by atoms with Crippen molar-refractivity contribution >= 4 is 17.5 Å². The molecule has 1 saturated carbocycles. The Morgan fingerprint density at radius 2 is 2.06 bits per heavy atom. The number of carbonyl (C=O) groups excluding carboxylic acids is 1. The zero-order valence-corrected chi connectivity index (χ0v) is 10.2. The molecule has 1 aromatic rings. The van der Waals surface area contributed by atoms with Gasteiger partial charge in [0.2, 0.25) is 5.91 Å². The maximum atomic E-state index is 12.0. The van der Waals surface area contributed by atoms with Gasteiger partial charge in [0.15, 0.2) is 0 Å². The zero-order valence-electron chi connectivity index (χ0n) is 9.47. The molecule has 1 heterocycles. The third-order valence-electron chi connectivity index (χ3n) is 3.92. The van der Waals surface area contributed by atoms with Gasteiger partial charge in [-0.25, -0.2) is 0 Å². The first-order valence-electron chi connectivity index (χ1n) is 5.94. The second-order valence-electron chi connectivity index (χ2n) is 4.93. The van der Waals surface area contributed by atoms with Crippen molar-refractivity contribution in [1.82, 2.24) is 4.90 Å². The number of fused-ring (bicyclic) bond motifs is 1. The van der Waals surface area contributed by atoms with Crippen molar-refractivity contribution in [2.45, 2.75) is 6.54 Å². The summed E-state index contributed by atoms with van der Waals surface area (Å²) in [7, 11) is 0. The lowest BCUT2D eigenvalue weighted by molar-refractivity contribution is -0.131. The second-order valence-corrected chi connectivity index (χ2v) is 5.37. The minimum absolute atomic E-state index is 0.215. The van der Waals surface area contributed by atoms with Gasteiger partial charge in [0.25, 0.3) is 0 Å². The van der Waals surface area contributed by atoms with Crippen molar-refractivity contribution in [3.63, 3.8) is 0 Å². The van der Waals surface area contributed by atoms with E-state index in [0.717, 1.165) is 17.1 Å². The summed E-state index contributed by atoms with van der Waals surface area (Å²) in [4.78, 5) is 14.0. The Hall–Kier alpha value is -1.06. The number of amides is 1. The summed E-state index contributed by atoms with van der Waals surface area (Å²) in [6, 6.07) is 7.67. The van der Waals surface area contributed by atoms with E-state index in [4.69, 9.17) is 17.3 Å². The average Bonchev–Trinajstić information content (AvgIpc) is 2.94. The fourth-order valence-electron chi connectivity index (χ4n) is 2.89. The van der Waals surface area contributed by atoms with E-state index < -0.39 is 0 Å². The van der Waals surface area contributed by atoms with Gasteiger partial charge in [-0.05, 0) is 36.1 Å². The summed E-state index contributed by atoms with van der Waals surface area (Å²) < 4.78 is 0. The van der Waals surface area contributed by atoms with Crippen LogP contribution >= 0.6 is 11.6 Å². The van der Waals surface area contributed by atoms with Gasteiger partial charge in [-0.2, -0.15) is 0 Å². The molecule has 17 heavy (non-hydrogen) atoms. The number of piperidine rings is 1. The number of rotatable bonds is 3. The molecule has 0 aromatic heterocycles. The van der Waals surface area contributed by atoms with Crippen molar-refractivity contribution in [3.8, 4) is 0 Å². The summed E-state index contributed by atoms with van der Waals surface area (Å²) >= 11 is 5.83. The average molecular weight is 251 g/mol. The molecule has 1 saturated heterocycles. The van der Waals surface area contributed by atoms with Gasteiger partial charge in [0.1, 0.15) is 0 Å². The van der Waals surface area contributed by atoms with Gasteiger partial charge in [0.05, 0.1) is 0 Å². The van der Waals surface area contributed by atoms with Crippen LogP contribution in [0.2, 0.25) is 5.02 Å². The van der Waals surface area contributed by atoms with Gasteiger partial charge in [-0.15, -0.1) is 0 Å². The Balaban J connectivity index is 1.65. The SMILES string of the molecule is NCC1C2CN(Cc3ccc(Cl)cc3)C(=O)C12. The minimum atomic E-state index is 0.215. The lowest BCUT2D eigenvalue weighted by Crippen LogP contribution is -2.30. The summed E-state index contributed by atoms with van der Waals surface area (Å²) in [5.41, 5.74) is 6.75. The topological polar surface area (TPSA) is 46.3 Å². The first-order chi connectivity index (χ1) is 8.20. The highest BCUT2D eigenvalue weighted by Gasteiger charge is 2.60. The molecule has 1 aliphatic heterocycles. The Labute approximate surface area is 106 Å². The fourth-order valence-corrected chi connectivity index (χ4v) is 3.02. The third-order valence-corrected chi connectivity index (χ3v) is 4.17. The molecule has 0 bridgehead atoms. The molecule has 2 aliphatic rings. The van der Waals surface area contributed by atoms with E-state index >= 15 is 0 Å². The Morgan fingerprint density at radius 1 is 1.35 bits per heavy atom. The van der Waals surface area contributed by atoms with E-state index in [0.29, 0.717) is 24.9 Å². The first-order valence-corrected chi connectivity index (χ1v) is 6.32. The number of nitrogens with zero attached hydrogens (tertiary/aromatic N) is 1. The smallest absolute Gasteiger partial charge is 0.226 e. The molecule has 3 unspecified atom stereocenters. The quantitative estimate of drug-likeness (QED) is 0.884. The van der Waals surface area contributed by atoms with Gasteiger partial charge in [-0.1, -0.05) is 23.7 Å². The van der Waals surface area contributed by atoms with Crippen LogP contribution in [-0.4, -0.2) is 23.9 Å². The molecule has 0 radical (unpaired) electrons. The molecular formula is C13H15ClN2O. The van der Waals surface area contributed by atoms with Crippen LogP contribution in [0, 0.1) is 17.8 Å². The van der Waals surface area contributed by atoms with E-state index in [1.807, 2.05) is 29.2 Å². The summed E-state index contributed by atoms with van der Waals surface area (Å²) in [6.07, 6.45) is 0. The number of likely N-dealkylation sites (tertiary alicyclic amines) is 1. The molecule has 1 aromatic carbocycles. The molecule has 1 amide bonds. The van der Waals surface area contributed by atoms with Crippen molar-refractivity contribution in [2.75, 3.05) is 13.1 Å². The number of carbonyl (C=O) groups is 1. The van der Waals surface area contributed by atoms with Crippen LogP contribution in [0.5, 0.6) is 0 Å². The van der Waals surface area contributed by atoms with Crippen LogP contribution in [-0.2, 0) is 11.3 Å². The predicted molar refractivity (Wildman–Crippen MR) is 66.4 cm³/mol. The second kappa shape index (κ2) is 4.00. The summed E-state index contributed by atoms with van der Waals surface area (Å²) in [6.45, 7) is 2.21. The zero-order chi connectivity index (χ0) is 12.0. The normalized spacial score (nSPS) is 30.6. The molecule has 3 nitrogen and oxygen atoms in total. The maximum Gasteiger partial charge on any atom is 0.226 e.